The van der Waals surface area contributed by atoms with Crippen molar-refractivity contribution >= 4 is 5.97 Å². The Bertz CT molecular complexity index is 2120. The van der Waals surface area contributed by atoms with Gasteiger partial charge in [0.05, 0.1) is 86.0 Å². The van der Waals surface area contributed by atoms with Crippen LogP contribution < -0.4 is 5.73 Å². The van der Waals surface area contributed by atoms with Crippen LogP contribution in [-0.2, 0) is 23.7 Å². The van der Waals surface area contributed by atoms with Gasteiger partial charge in [0.25, 0.3) is 0 Å². The van der Waals surface area contributed by atoms with Crippen molar-refractivity contribution in [2.75, 3.05) is 6.61 Å². The second kappa shape index (κ2) is 28.6. The molecule has 2 fully saturated rings. The molecule has 3 aliphatic heterocycles. The number of nitrogens with two attached hydrogens (primary N) is 1. The zero-order chi connectivity index (χ0) is 51.5. The SMILES string of the molecule is C[C@H]1C[C@H](O)[C@@H](C)/C=C/C=C/C=C/C=C/C=C/C=C/C=C/[C@H](O[C@@H]2OC[C@@H](O)[C@H](N)[C@@H]2O)C[C@@H]2O[C@](O)(C[C@@H](O)C[C@@H](O)[C@H](O)CC[C@@H](O)C[C@@H](O)CC(=O)O1)C[C@H](O)[C@H]2c1nc(-c2ccncc2)no1. The minimum absolute atomic E-state index is 0.0438. The Kier molecular flexibility index (Phi) is 23.1. The number of aliphatic hydroxyl groups excluding tert-OH is 9. The summed E-state index contributed by atoms with van der Waals surface area (Å²) in [6, 6.07) is 2.23. The van der Waals surface area contributed by atoms with Gasteiger partial charge < -0.3 is 80.3 Å². The molecular weight excluding hydrogens is 925 g/mol. The number of carbonyl (C=O) groups excluding carboxylic acids is 1. The summed E-state index contributed by atoms with van der Waals surface area (Å²) in [5, 5.41) is 114. The lowest BCUT2D eigenvalue weighted by molar-refractivity contribution is -0.300. The first-order chi connectivity index (χ1) is 33.9. The third-order valence-corrected chi connectivity index (χ3v) is 12.4. The predicted molar refractivity (Wildman–Crippen MR) is 257 cm³/mol. The zero-order valence-electron chi connectivity index (χ0n) is 40.0. The fourth-order valence-electron chi connectivity index (χ4n) is 8.48. The van der Waals surface area contributed by atoms with Crippen LogP contribution in [0.25, 0.3) is 11.4 Å². The summed E-state index contributed by atoms with van der Waals surface area (Å²) in [6.07, 6.45) is 9.63. The van der Waals surface area contributed by atoms with E-state index in [-0.39, 0.29) is 56.3 Å². The molecule has 0 radical (unpaired) electrons. The first kappa shape index (κ1) is 57.3. The number of aromatic nitrogens is 3. The average molecular weight is 997 g/mol. The summed E-state index contributed by atoms with van der Waals surface area (Å²) in [7, 11) is 0. The second-order valence-corrected chi connectivity index (χ2v) is 18.5. The van der Waals surface area contributed by atoms with Crippen molar-refractivity contribution in [3.63, 3.8) is 0 Å². The number of ether oxygens (including phenoxy) is 4. The van der Waals surface area contributed by atoms with Gasteiger partial charge in [-0.15, -0.1) is 0 Å². The van der Waals surface area contributed by atoms with Crippen molar-refractivity contribution < 1.29 is 79.3 Å². The quantitative estimate of drug-likeness (QED) is 0.194. The number of hydrogen-bond acceptors (Lipinski definition) is 20. The van der Waals surface area contributed by atoms with Gasteiger partial charge in [-0.05, 0) is 38.3 Å². The lowest BCUT2D eigenvalue weighted by atomic mass is 9.82. The van der Waals surface area contributed by atoms with Crippen molar-refractivity contribution in [3.05, 3.63) is 115 Å². The standard InChI is InChI=1S/C51H72N4O16/c1-31-15-13-11-9-7-5-3-4-6-8-10-12-14-16-37(69-50-47(65)46(52)42(63)30-67-50)27-43-45(49-54-48(55-71-49)33-19-21-53-22-20-33)41(62)29-51(66,70-43)28-36(58)25-40(61)38(59)18-17-34(56)24-35(57)26-44(64)68-32(2)23-39(31)60/h3-16,19-22,31-32,34-43,45-47,50,56-63,65-66H,17-18,23-30,52H2,1-2H3/b4-3+,7-5+,8-6+,11-9+,12-10+,15-13+,16-14+/t31-,32-,34+,35+,36-,37-,38+,39-,40+,41-,42+,43-,45+,46-,47-,50-,51+/m0/s1. The summed E-state index contributed by atoms with van der Waals surface area (Å²) in [4.78, 5) is 21.1. The maximum atomic E-state index is 12.6. The summed E-state index contributed by atoms with van der Waals surface area (Å²) >= 11 is 0. The highest BCUT2D eigenvalue weighted by Gasteiger charge is 2.50. The average Bonchev–Trinajstić information content (AvgIpc) is 3.80. The number of carbonyl (C=O) groups is 1. The van der Waals surface area contributed by atoms with Crippen molar-refractivity contribution in [2.24, 2.45) is 11.7 Å². The number of pyridine rings is 1. The number of fused-ring (bicyclic) bond motifs is 2. The van der Waals surface area contributed by atoms with E-state index < -0.39 is 129 Å². The van der Waals surface area contributed by atoms with Crippen LogP contribution in [-0.4, -0.2) is 170 Å². The molecule has 3 aliphatic rings. The van der Waals surface area contributed by atoms with Gasteiger partial charge >= 0.3 is 5.97 Å². The molecule has 0 spiro atoms. The van der Waals surface area contributed by atoms with E-state index in [2.05, 4.69) is 15.1 Å². The molecular formula is C51H72N4O16. The normalized spacial score (nSPS) is 40.5. The van der Waals surface area contributed by atoms with E-state index in [1.54, 1.807) is 74.0 Å². The van der Waals surface area contributed by atoms with Gasteiger partial charge in [0.15, 0.2) is 12.1 Å². The number of cyclic esters (lactones) is 1. The second-order valence-electron chi connectivity index (χ2n) is 18.5. The van der Waals surface area contributed by atoms with Crippen molar-refractivity contribution in [1.29, 1.82) is 0 Å². The van der Waals surface area contributed by atoms with Gasteiger partial charge in [-0.2, -0.15) is 4.98 Å². The lowest BCUT2D eigenvalue weighted by Gasteiger charge is -2.45. The molecule has 5 rings (SSSR count). The molecule has 0 aromatic carbocycles. The molecule has 2 aromatic rings. The molecule has 392 valence electrons. The van der Waals surface area contributed by atoms with E-state index >= 15 is 0 Å². The van der Waals surface area contributed by atoms with Gasteiger partial charge in [-0.25, -0.2) is 0 Å². The summed E-state index contributed by atoms with van der Waals surface area (Å²) < 4.78 is 29.3. The fourth-order valence-corrected chi connectivity index (χ4v) is 8.48. The van der Waals surface area contributed by atoms with E-state index in [1.807, 2.05) is 49.5 Å². The Labute approximate surface area is 413 Å². The van der Waals surface area contributed by atoms with E-state index in [0.29, 0.717) is 5.56 Å². The third-order valence-electron chi connectivity index (χ3n) is 12.4. The monoisotopic (exact) mass is 996 g/mol. The molecule has 0 amide bonds. The minimum atomic E-state index is -2.24. The smallest absolute Gasteiger partial charge is 0.308 e. The van der Waals surface area contributed by atoms with Crippen LogP contribution in [0.2, 0.25) is 0 Å². The van der Waals surface area contributed by atoms with E-state index in [9.17, 15) is 55.9 Å². The Morgan fingerprint density at radius 2 is 1.32 bits per heavy atom. The number of rotatable bonds is 4. The highest BCUT2D eigenvalue weighted by molar-refractivity contribution is 5.70. The van der Waals surface area contributed by atoms with Crippen LogP contribution in [0.4, 0.5) is 0 Å². The minimum Gasteiger partial charge on any atom is -0.462 e. The van der Waals surface area contributed by atoms with Crippen LogP contribution in [0.1, 0.15) is 83.4 Å². The molecule has 20 nitrogen and oxygen atoms in total. The summed E-state index contributed by atoms with van der Waals surface area (Å²) in [5.74, 6) is -4.15. The van der Waals surface area contributed by atoms with E-state index in [1.165, 1.54) is 0 Å². The zero-order valence-corrected chi connectivity index (χ0v) is 40.0. The first-order valence-corrected chi connectivity index (χ1v) is 24.1. The van der Waals surface area contributed by atoms with Gasteiger partial charge in [0.2, 0.25) is 11.7 Å². The molecule has 0 saturated carbocycles. The Balaban J connectivity index is 1.39. The molecule has 5 heterocycles. The molecule has 2 saturated heterocycles. The Morgan fingerprint density at radius 3 is 1.99 bits per heavy atom. The molecule has 12 N–H and O–H groups in total. The highest BCUT2D eigenvalue weighted by Crippen LogP contribution is 2.42. The third kappa shape index (κ3) is 18.7. The fraction of sp³-hybridized carbons (Fsp3) is 0.569. The topological polar surface area (TPSA) is 334 Å². The van der Waals surface area contributed by atoms with Gasteiger partial charge in [-0.3, -0.25) is 9.78 Å². The maximum absolute atomic E-state index is 12.6. The van der Waals surface area contributed by atoms with Crippen LogP contribution in [0.3, 0.4) is 0 Å². The molecule has 0 aliphatic carbocycles. The number of esters is 1. The van der Waals surface area contributed by atoms with E-state index in [4.69, 9.17) is 29.2 Å². The van der Waals surface area contributed by atoms with E-state index in [0.717, 1.165) is 0 Å². The van der Waals surface area contributed by atoms with Crippen molar-refractivity contribution in [2.45, 2.75) is 169 Å². The van der Waals surface area contributed by atoms with Crippen molar-refractivity contribution in [1.82, 2.24) is 15.1 Å². The predicted octanol–water partition coefficient (Wildman–Crippen LogP) is 1.61. The van der Waals surface area contributed by atoms with Gasteiger partial charge in [-0.1, -0.05) is 97.1 Å². The molecule has 71 heavy (non-hydrogen) atoms. The number of nitrogens with zero attached hydrogens (tertiary/aromatic N) is 3. The van der Waals surface area contributed by atoms with Crippen molar-refractivity contribution in [3.8, 4) is 11.4 Å². The first-order valence-electron chi connectivity index (χ1n) is 24.1. The molecule has 20 heteroatoms. The summed E-state index contributed by atoms with van der Waals surface area (Å²) in [6.45, 7) is 3.23. The molecule has 0 unspecified atom stereocenters. The molecule has 17 atom stereocenters. The Morgan fingerprint density at radius 1 is 0.690 bits per heavy atom. The number of hydrogen-bond donors (Lipinski definition) is 11. The van der Waals surface area contributed by atoms with Gasteiger partial charge in [0.1, 0.15) is 12.2 Å². The molecule has 2 bridgehead atoms. The molecule has 2 aromatic heterocycles. The number of allylic oxidation sites excluding steroid dienone is 12. The van der Waals surface area contributed by atoms with Crippen LogP contribution in [0.5, 0.6) is 0 Å². The largest absolute Gasteiger partial charge is 0.462 e. The van der Waals surface area contributed by atoms with Crippen LogP contribution in [0.15, 0.2) is 114 Å². The Hall–Kier alpha value is -4.62. The number of aliphatic hydroxyl groups is 10. The van der Waals surface area contributed by atoms with Crippen LogP contribution in [0, 0.1) is 5.92 Å². The van der Waals surface area contributed by atoms with Gasteiger partial charge in [0, 0.05) is 56.0 Å². The maximum Gasteiger partial charge on any atom is 0.308 e. The lowest BCUT2D eigenvalue weighted by Crippen LogP contribution is -2.58. The van der Waals surface area contributed by atoms with Crippen LogP contribution >= 0.6 is 0 Å². The highest BCUT2D eigenvalue weighted by atomic mass is 16.7. The summed E-state index contributed by atoms with van der Waals surface area (Å²) in [5.41, 5.74) is 6.62.